The van der Waals surface area contributed by atoms with E-state index in [1.54, 1.807) is 17.4 Å². The van der Waals surface area contributed by atoms with Crippen LogP contribution < -0.4 is 0 Å². The minimum Gasteiger partial charge on any atom is -0.376 e. The van der Waals surface area contributed by atoms with E-state index in [0.29, 0.717) is 11.3 Å². The molecule has 1 fully saturated rings. The number of rotatable bonds is 6. The van der Waals surface area contributed by atoms with Crippen LogP contribution in [0.2, 0.25) is 0 Å². The quantitative estimate of drug-likeness (QED) is 0.469. The van der Waals surface area contributed by atoms with Crippen molar-refractivity contribution in [3.63, 3.8) is 0 Å². The lowest BCUT2D eigenvalue weighted by Crippen LogP contribution is -2.16. The Morgan fingerprint density at radius 3 is 3.00 bits per heavy atom. The number of thiophene rings is 1. The van der Waals surface area contributed by atoms with Crippen LogP contribution in [0.4, 0.5) is 4.39 Å². The minimum atomic E-state index is -0.212. The zero-order valence-corrected chi connectivity index (χ0v) is 17.1. The summed E-state index contributed by atoms with van der Waals surface area (Å²) in [6.45, 7) is 1.54. The van der Waals surface area contributed by atoms with Gasteiger partial charge in [-0.2, -0.15) is 0 Å². The van der Waals surface area contributed by atoms with Gasteiger partial charge in [-0.1, -0.05) is 39.8 Å². The van der Waals surface area contributed by atoms with Crippen LogP contribution in [-0.2, 0) is 17.0 Å². The van der Waals surface area contributed by atoms with Gasteiger partial charge in [0.1, 0.15) is 5.82 Å². The van der Waals surface area contributed by atoms with Gasteiger partial charge in [-0.3, -0.25) is 4.57 Å². The standard InChI is InChI=1S/C18H17BrFN3OS2/c19-13-6-5-12(15(20)9-13)11-26-18-22-21-17(16-4-2-8-25-16)23(18)10-14-3-1-7-24-14/h2,4-6,8-9,14H,1,3,7,10-11H2. The predicted octanol–water partition coefficient (Wildman–Crippen LogP) is 5.38. The van der Waals surface area contributed by atoms with Crippen molar-refractivity contribution in [1.29, 1.82) is 0 Å². The van der Waals surface area contributed by atoms with Crippen molar-refractivity contribution in [2.45, 2.75) is 36.4 Å². The Morgan fingerprint density at radius 2 is 2.27 bits per heavy atom. The summed E-state index contributed by atoms with van der Waals surface area (Å²) in [5, 5.41) is 11.6. The topological polar surface area (TPSA) is 39.9 Å². The molecule has 4 nitrogen and oxygen atoms in total. The second-order valence-corrected chi connectivity index (χ2v) is 8.86. The van der Waals surface area contributed by atoms with Gasteiger partial charge < -0.3 is 4.74 Å². The normalized spacial score (nSPS) is 17.1. The number of ether oxygens (including phenoxy) is 1. The molecule has 0 radical (unpaired) electrons. The number of halogens is 2. The Hall–Kier alpha value is -1.22. The van der Waals surface area contributed by atoms with Crippen LogP contribution in [0.25, 0.3) is 10.7 Å². The van der Waals surface area contributed by atoms with E-state index in [1.165, 1.54) is 17.8 Å². The maximum absolute atomic E-state index is 14.1. The first-order valence-electron chi connectivity index (χ1n) is 8.36. The molecule has 3 aromatic rings. The Kier molecular flexibility index (Phi) is 5.73. The fraction of sp³-hybridized carbons (Fsp3) is 0.333. The Labute approximate surface area is 167 Å². The van der Waals surface area contributed by atoms with E-state index < -0.39 is 0 Å². The number of thioether (sulfide) groups is 1. The second kappa shape index (κ2) is 8.21. The highest BCUT2D eigenvalue weighted by molar-refractivity contribution is 9.10. The van der Waals surface area contributed by atoms with E-state index in [9.17, 15) is 4.39 Å². The molecule has 0 amide bonds. The third kappa shape index (κ3) is 4.03. The molecular formula is C18H17BrFN3OS2. The number of aromatic nitrogens is 3. The predicted molar refractivity (Wildman–Crippen MR) is 106 cm³/mol. The fourth-order valence-electron chi connectivity index (χ4n) is 2.92. The SMILES string of the molecule is Fc1cc(Br)ccc1CSc1nnc(-c2cccs2)n1CC1CCCO1. The van der Waals surface area contributed by atoms with Gasteiger partial charge in [0, 0.05) is 16.8 Å². The van der Waals surface area contributed by atoms with E-state index in [0.717, 1.165) is 46.3 Å². The molecule has 26 heavy (non-hydrogen) atoms. The molecule has 0 N–H and O–H groups in total. The summed E-state index contributed by atoms with van der Waals surface area (Å²) >= 11 is 6.44. The van der Waals surface area contributed by atoms with Crippen LogP contribution in [0, 0.1) is 5.82 Å². The van der Waals surface area contributed by atoms with Gasteiger partial charge in [0.2, 0.25) is 0 Å². The average Bonchev–Trinajstić information content (AvgIpc) is 3.36. The molecule has 0 aliphatic carbocycles. The molecule has 4 rings (SSSR count). The Balaban J connectivity index is 1.58. The van der Waals surface area contributed by atoms with E-state index in [2.05, 4.69) is 30.7 Å². The van der Waals surface area contributed by atoms with Crippen LogP contribution in [0.5, 0.6) is 0 Å². The molecule has 8 heteroatoms. The first-order valence-corrected chi connectivity index (χ1v) is 11.0. The highest BCUT2D eigenvalue weighted by atomic mass is 79.9. The van der Waals surface area contributed by atoms with Gasteiger partial charge in [0.15, 0.2) is 11.0 Å². The van der Waals surface area contributed by atoms with Crippen LogP contribution in [0.3, 0.4) is 0 Å². The molecule has 0 bridgehead atoms. The molecule has 1 aromatic carbocycles. The molecule has 0 spiro atoms. The molecule has 1 aliphatic heterocycles. The number of hydrogen-bond donors (Lipinski definition) is 0. The lowest BCUT2D eigenvalue weighted by Gasteiger charge is -2.14. The monoisotopic (exact) mass is 453 g/mol. The molecule has 2 aromatic heterocycles. The van der Waals surface area contributed by atoms with E-state index in [4.69, 9.17) is 4.74 Å². The highest BCUT2D eigenvalue weighted by Gasteiger charge is 2.22. The van der Waals surface area contributed by atoms with E-state index in [-0.39, 0.29) is 11.9 Å². The molecule has 1 aliphatic rings. The third-order valence-electron chi connectivity index (χ3n) is 4.24. The third-order valence-corrected chi connectivity index (χ3v) is 6.62. The van der Waals surface area contributed by atoms with Gasteiger partial charge in [-0.15, -0.1) is 21.5 Å². The summed E-state index contributed by atoms with van der Waals surface area (Å²) in [7, 11) is 0. The van der Waals surface area contributed by atoms with Gasteiger partial charge in [0.25, 0.3) is 0 Å². The Bertz CT molecular complexity index is 879. The smallest absolute Gasteiger partial charge is 0.191 e. The van der Waals surface area contributed by atoms with E-state index >= 15 is 0 Å². The number of nitrogens with zero attached hydrogens (tertiary/aromatic N) is 3. The van der Waals surface area contributed by atoms with Gasteiger partial charge >= 0.3 is 0 Å². The van der Waals surface area contributed by atoms with Crippen molar-refractivity contribution in [2.75, 3.05) is 6.61 Å². The zero-order chi connectivity index (χ0) is 17.9. The maximum Gasteiger partial charge on any atom is 0.191 e. The molecule has 1 unspecified atom stereocenters. The summed E-state index contributed by atoms with van der Waals surface area (Å²) in [4.78, 5) is 1.08. The summed E-state index contributed by atoms with van der Waals surface area (Å²) in [6.07, 6.45) is 2.33. The van der Waals surface area contributed by atoms with Crippen molar-refractivity contribution in [2.24, 2.45) is 0 Å². The summed E-state index contributed by atoms with van der Waals surface area (Å²) in [5.41, 5.74) is 0.655. The first kappa shape index (κ1) is 18.2. The Morgan fingerprint density at radius 1 is 1.35 bits per heavy atom. The first-order chi connectivity index (χ1) is 12.7. The number of hydrogen-bond acceptors (Lipinski definition) is 5. The van der Waals surface area contributed by atoms with Crippen LogP contribution in [0.1, 0.15) is 18.4 Å². The minimum absolute atomic E-state index is 0.188. The van der Waals surface area contributed by atoms with Gasteiger partial charge in [-0.25, -0.2) is 4.39 Å². The van der Waals surface area contributed by atoms with Crippen molar-refractivity contribution in [3.05, 3.63) is 51.6 Å². The van der Waals surface area contributed by atoms with Crippen molar-refractivity contribution in [3.8, 4) is 10.7 Å². The second-order valence-electron chi connectivity index (χ2n) is 6.05. The van der Waals surface area contributed by atoms with Crippen molar-refractivity contribution in [1.82, 2.24) is 14.8 Å². The number of benzene rings is 1. The van der Waals surface area contributed by atoms with Crippen LogP contribution in [-0.4, -0.2) is 27.5 Å². The van der Waals surface area contributed by atoms with Gasteiger partial charge in [-0.05, 0) is 42.0 Å². The fourth-order valence-corrected chi connectivity index (χ4v) is 4.91. The molecule has 3 heterocycles. The summed E-state index contributed by atoms with van der Waals surface area (Å²) in [6, 6.07) is 9.20. The van der Waals surface area contributed by atoms with Crippen LogP contribution >= 0.6 is 39.0 Å². The summed E-state index contributed by atoms with van der Waals surface area (Å²) < 4.78 is 22.8. The largest absolute Gasteiger partial charge is 0.376 e. The molecule has 0 saturated carbocycles. The average molecular weight is 454 g/mol. The molecule has 1 atom stereocenters. The lowest BCUT2D eigenvalue weighted by molar-refractivity contribution is 0.0953. The molecular weight excluding hydrogens is 437 g/mol. The highest BCUT2D eigenvalue weighted by Crippen LogP contribution is 2.31. The van der Waals surface area contributed by atoms with Crippen molar-refractivity contribution >= 4 is 39.0 Å². The van der Waals surface area contributed by atoms with Crippen molar-refractivity contribution < 1.29 is 9.13 Å². The van der Waals surface area contributed by atoms with Gasteiger partial charge in [0.05, 0.1) is 17.5 Å². The molecule has 136 valence electrons. The summed E-state index contributed by atoms with van der Waals surface area (Å²) in [5.74, 6) is 1.15. The maximum atomic E-state index is 14.1. The van der Waals surface area contributed by atoms with E-state index in [1.807, 2.05) is 23.6 Å². The molecule has 1 saturated heterocycles. The van der Waals surface area contributed by atoms with Crippen LogP contribution in [0.15, 0.2) is 45.3 Å². The zero-order valence-electron chi connectivity index (χ0n) is 13.9. The lowest BCUT2D eigenvalue weighted by atomic mass is 10.2.